The number of primary amides is 1. The first-order valence-electron chi connectivity index (χ1n) is 13.5. The number of para-hydroxylation sites is 1. The summed E-state index contributed by atoms with van der Waals surface area (Å²) < 4.78 is 31.4. The summed E-state index contributed by atoms with van der Waals surface area (Å²) in [6, 6.07) is 16.0. The summed E-state index contributed by atoms with van der Waals surface area (Å²) in [5.41, 5.74) is 6.73. The van der Waals surface area contributed by atoms with Crippen LogP contribution in [0.1, 0.15) is 33.8 Å². The van der Waals surface area contributed by atoms with Gasteiger partial charge in [0.25, 0.3) is 11.8 Å². The van der Waals surface area contributed by atoms with Crippen LogP contribution in [-0.4, -0.2) is 77.7 Å². The number of benzene rings is 2. The number of allylic oxidation sites excluding steroid dienone is 1. The molecule has 2 aromatic carbocycles. The van der Waals surface area contributed by atoms with Crippen LogP contribution in [0.2, 0.25) is 0 Å². The number of carbonyl (C=O) groups excluding carboxylic acids is 3. The molecule has 2 aliphatic rings. The van der Waals surface area contributed by atoms with E-state index in [1.807, 2.05) is 35.2 Å². The quantitative estimate of drug-likeness (QED) is 0.376. The van der Waals surface area contributed by atoms with E-state index >= 15 is 8.78 Å². The third-order valence-electron chi connectivity index (χ3n) is 7.41. The Labute approximate surface area is 265 Å². The van der Waals surface area contributed by atoms with E-state index < -0.39 is 35.6 Å². The van der Waals surface area contributed by atoms with E-state index in [1.165, 1.54) is 27.2 Å². The van der Waals surface area contributed by atoms with E-state index in [9.17, 15) is 14.4 Å². The Balaban J connectivity index is 0.00000253. The highest BCUT2D eigenvalue weighted by atomic mass is 35.5. The third kappa shape index (κ3) is 7.59. The molecule has 2 N–H and O–H groups in total. The highest BCUT2D eigenvalue weighted by molar-refractivity contribution is 7.17. The minimum absolute atomic E-state index is 0. The van der Waals surface area contributed by atoms with Crippen molar-refractivity contribution in [3.05, 3.63) is 76.8 Å². The van der Waals surface area contributed by atoms with E-state index in [0.717, 1.165) is 11.6 Å². The number of hydrogen-bond acceptors (Lipinski definition) is 6. The van der Waals surface area contributed by atoms with Crippen molar-refractivity contribution in [1.29, 1.82) is 0 Å². The second kappa shape index (κ2) is 14.4. The lowest BCUT2D eigenvalue weighted by molar-refractivity contribution is -0.128. The Morgan fingerprint density at radius 3 is 2.30 bits per heavy atom. The molecular weight excluding hydrogens is 619 g/mol. The number of nitrogens with two attached hydrogens (primary N) is 1. The molecule has 1 aromatic heterocycles. The Kier molecular flexibility index (Phi) is 11.4. The number of aromatic nitrogens is 1. The maximum Gasteiger partial charge on any atom is 0.275 e. The molecule has 8 nitrogen and oxygen atoms in total. The van der Waals surface area contributed by atoms with E-state index in [0.29, 0.717) is 54.0 Å². The minimum Gasteiger partial charge on any atom is -0.370 e. The Morgan fingerprint density at radius 2 is 1.63 bits per heavy atom. The predicted octanol–water partition coefficient (Wildman–Crippen LogP) is 5.05. The molecule has 3 amide bonds. The molecule has 0 aliphatic carbocycles. The molecule has 0 spiro atoms. The first-order valence-corrected chi connectivity index (χ1v) is 14.3. The van der Waals surface area contributed by atoms with Gasteiger partial charge in [0.05, 0.1) is 11.4 Å². The van der Waals surface area contributed by atoms with Crippen LogP contribution in [-0.2, 0) is 9.59 Å². The fourth-order valence-corrected chi connectivity index (χ4v) is 6.15. The zero-order valence-corrected chi connectivity index (χ0v) is 26.0. The zero-order chi connectivity index (χ0) is 29.1. The highest BCUT2D eigenvalue weighted by Gasteiger charge is 2.42. The van der Waals surface area contributed by atoms with Gasteiger partial charge in [-0.3, -0.25) is 19.3 Å². The standard InChI is InChI=1S/C30H31F2N5O3S.2ClH/c1-20-27(41-28(34-20)21-7-3-2-4-8-21)29(40)37-14-12-30(31,32)23(22-9-5-6-10-24(22)37)19-26(39)36-17-15-35(16-18-36)13-11-25(33)38;;/h2-10,19H,11-18H2,1H3,(H2,33,38);2*1H. The molecule has 3 heterocycles. The van der Waals surface area contributed by atoms with Gasteiger partial charge in [0.15, 0.2) is 0 Å². The van der Waals surface area contributed by atoms with Gasteiger partial charge < -0.3 is 15.5 Å². The molecule has 2 aliphatic heterocycles. The van der Waals surface area contributed by atoms with Crippen molar-refractivity contribution in [1.82, 2.24) is 14.8 Å². The second-order valence-electron chi connectivity index (χ2n) is 10.2. The molecule has 0 bridgehead atoms. The Bertz CT molecular complexity index is 1490. The molecule has 0 atom stereocenters. The predicted molar refractivity (Wildman–Crippen MR) is 169 cm³/mol. The van der Waals surface area contributed by atoms with Crippen LogP contribution >= 0.6 is 36.2 Å². The number of amides is 3. The van der Waals surface area contributed by atoms with Crippen LogP contribution in [0, 0.1) is 6.92 Å². The van der Waals surface area contributed by atoms with Crippen molar-refractivity contribution in [3.8, 4) is 10.6 Å². The minimum atomic E-state index is -3.33. The molecule has 1 saturated heterocycles. The third-order valence-corrected chi connectivity index (χ3v) is 8.61. The van der Waals surface area contributed by atoms with Gasteiger partial charge in [-0.15, -0.1) is 36.2 Å². The van der Waals surface area contributed by atoms with Crippen LogP contribution in [0.15, 0.2) is 60.7 Å². The molecule has 230 valence electrons. The molecule has 0 saturated carbocycles. The summed E-state index contributed by atoms with van der Waals surface area (Å²) >= 11 is 1.24. The smallest absolute Gasteiger partial charge is 0.275 e. The molecule has 3 aromatic rings. The van der Waals surface area contributed by atoms with E-state index in [2.05, 4.69) is 4.98 Å². The summed E-state index contributed by atoms with van der Waals surface area (Å²) in [5, 5.41) is 0.681. The van der Waals surface area contributed by atoms with Crippen molar-refractivity contribution in [2.75, 3.05) is 44.2 Å². The summed E-state index contributed by atoms with van der Waals surface area (Å²) in [7, 11) is 0. The first-order chi connectivity index (χ1) is 19.6. The number of carbonyl (C=O) groups is 3. The van der Waals surface area contributed by atoms with Crippen molar-refractivity contribution in [2.24, 2.45) is 5.73 Å². The molecule has 5 rings (SSSR count). The van der Waals surface area contributed by atoms with Crippen molar-refractivity contribution in [3.63, 3.8) is 0 Å². The van der Waals surface area contributed by atoms with Crippen LogP contribution < -0.4 is 10.6 Å². The summed E-state index contributed by atoms with van der Waals surface area (Å²) in [5.74, 6) is -4.63. The van der Waals surface area contributed by atoms with E-state index in [1.54, 1.807) is 25.1 Å². The van der Waals surface area contributed by atoms with Gasteiger partial charge >= 0.3 is 0 Å². The molecule has 43 heavy (non-hydrogen) atoms. The Morgan fingerprint density at radius 1 is 0.977 bits per heavy atom. The van der Waals surface area contributed by atoms with Crippen LogP contribution in [0.4, 0.5) is 14.5 Å². The largest absolute Gasteiger partial charge is 0.370 e. The van der Waals surface area contributed by atoms with Crippen molar-refractivity contribution < 1.29 is 23.2 Å². The summed E-state index contributed by atoms with van der Waals surface area (Å²) in [6.45, 7) is 3.78. The monoisotopic (exact) mass is 651 g/mol. The lowest BCUT2D eigenvalue weighted by Gasteiger charge is -2.34. The van der Waals surface area contributed by atoms with Gasteiger partial charge in [-0.1, -0.05) is 48.5 Å². The molecular formula is C30H33Cl2F2N5O3S. The van der Waals surface area contributed by atoms with E-state index in [-0.39, 0.29) is 43.3 Å². The van der Waals surface area contributed by atoms with Gasteiger partial charge in [-0.25, -0.2) is 13.8 Å². The average Bonchev–Trinajstić information content (AvgIpc) is 3.32. The fourth-order valence-electron chi connectivity index (χ4n) is 5.13. The molecule has 0 unspecified atom stereocenters. The number of halogens is 4. The Hall–Kier alpha value is -3.38. The summed E-state index contributed by atoms with van der Waals surface area (Å²) in [4.78, 5) is 48.0. The van der Waals surface area contributed by atoms with Crippen molar-refractivity contribution >= 4 is 65.1 Å². The highest BCUT2D eigenvalue weighted by Crippen LogP contribution is 2.44. The fraction of sp³-hybridized carbons (Fsp3) is 0.333. The zero-order valence-electron chi connectivity index (χ0n) is 23.5. The number of alkyl halides is 2. The summed E-state index contributed by atoms with van der Waals surface area (Å²) in [6.07, 6.45) is 0.624. The number of aryl methyl sites for hydroxylation is 1. The maximum absolute atomic E-state index is 15.7. The van der Waals surface area contributed by atoms with Gasteiger partial charge in [0.1, 0.15) is 9.88 Å². The van der Waals surface area contributed by atoms with Gasteiger partial charge in [-0.05, 0) is 13.0 Å². The van der Waals surface area contributed by atoms with Gasteiger partial charge in [0, 0.05) is 74.9 Å². The van der Waals surface area contributed by atoms with Gasteiger partial charge in [0.2, 0.25) is 11.8 Å². The average molecular weight is 653 g/mol. The number of thiazole rings is 1. The number of piperazine rings is 1. The molecule has 13 heteroatoms. The maximum atomic E-state index is 15.7. The molecule has 0 radical (unpaired) electrons. The van der Waals surface area contributed by atoms with E-state index in [4.69, 9.17) is 5.73 Å². The number of nitrogens with zero attached hydrogens (tertiary/aromatic N) is 4. The van der Waals surface area contributed by atoms with Crippen molar-refractivity contribution in [2.45, 2.75) is 25.7 Å². The van der Waals surface area contributed by atoms with Crippen LogP contribution in [0.25, 0.3) is 16.1 Å². The van der Waals surface area contributed by atoms with Crippen LogP contribution in [0.5, 0.6) is 0 Å². The topological polar surface area (TPSA) is 99.8 Å². The number of fused-ring (bicyclic) bond motifs is 1. The SMILES string of the molecule is Cc1nc(-c2ccccc2)sc1C(=O)N1CCC(F)(F)C(=CC(=O)N2CCN(CCC(N)=O)CC2)c2ccccc21.Cl.Cl. The molecule has 1 fully saturated rings. The lowest BCUT2D eigenvalue weighted by Crippen LogP contribution is -2.49. The van der Waals surface area contributed by atoms with Crippen LogP contribution in [0.3, 0.4) is 0 Å². The first kappa shape index (κ1) is 34.1. The number of anilines is 1. The number of hydrogen-bond donors (Lipinski definition) is 1. The van der Waals surface area contributed by atoms with Gasteiger partial charge in [-0.2, -0.15) is 0 Å². The normalized spacial score (nSPS) is 17.3. The number of rotatable bonds is 6. The lowest BCUT2D eigenvalue weighted by atomic mass is 9.96. The second-order valence-corrected chi connectivity index (χ2v) is 11.2.